The fourth-order valence-electron chi connectivity index (χ4n) is 2.12. The molecule has 0 radical (unpaired) electrons. The first kappa shape index (κ1) is 13.0. The van der Waals surface area contributed by atoms with Gasteiger partial charge in [0.25, 0.3) is 0 Å². The lowest BCUT2D eigenvalue weighted by atomic mass is 10.2. The normalized spacial score (nSPS) is 15.0. The van der Waals surface area contributed by atoms with Crippen molar-refractivity contribution in [1.82, 2.24) is 9.88 Å². The first-order chi connectivity index (χ1) is 8.70. The summed E-state index contributed by atoms with van der Waals surface area (Å²) in [4.78, 5) is 17.2. The molecule has 1 aliphatic rings. The summed E-state index contributed by atoms with van der Waals surface area (Å²) in [6.07, 6.45) is 6.54. The summed E-state index contributed by atoms with van der Waals surface area (Å²) in [6, 6.07) is 4.30. The number of pyridine rings is 1. The lowest BCUT2D eigenvalue weighted by Gasteiger charge is -2.21. The van der Waals surface area contributed by atoms with Gasteiger partial charge >= 0.3 is 5.97 Å². The molecule has 1 aromatic heterocycles. The number of nitrogens with zero attached hydrogens (tertiary/aromatic N) is 2. The molecule has 2 rings (SSSR count). The molecule has 18 heavy (non-hydrogen) atoms. The molecule has 98 valence electrons. The van der Waals surface area contributed by atoms with E-state index in [0.717, 1.165) is 18.7 Å². The predicted molar refractivity (Wildman–Crippen MR) is 69.5 cm³/mol. The number of carboxylic acid groups (broad SMARTS) is 1. The van der Waals surface area contributed by atoms with Crippen molar-refractivity contribution < 1.29 is 9.90 Å². The third-order valence-electron chi connectivity index (χ3n) is 3.29. The molecule has 1 saturated carbocycles. The Bertz CT molecular complexity index is 416. The van der Waals surface area contributed by atoms with Crippen LogP contribution in [0.3, 0.4) is 0 Å². The van der Waals surface area contributed by atoms with Gasteiger partial charge in [-0.05, 0) is 43.5 Å². The Kier molecular flexibility index (Phi) is 4.31. The van der Waals surface area contributed by atoms with Crippen LogP contribution in [0.4, 0.5) is 0 Å². The highest BCUT2D eigenvalue weighted by atomic mass is 16.4. The van der Waals surface area contributed by atoms with Gasteiger partial charge in [0.2, 0.25) is 0 Å². The number of carbonyl (C=O) groups is 1. The molecule has 1 aliphatic carbocycles. The molecule has 0 amide bonds. The van der Waals surface area contributed by atoms with Crippen LogP contribution >= 0.6 is 0 Å². The van der Waals surface area contributed by atoms with Crippen molar-refractivity contribution in [3.63, 3.8) is 0 Å². The van der Waals surface area contributed by atoms with Crippen LogP contribution in [0.15, 0.2) is 18.3 Å². The quantitative estimate of drug-likeness (QED) is 0.805. The van der Waals surface area contributed by atoms with Gasteiger partial charge in [-0.3, -0.25) is 4.90 Å². The number of hydrogen-bond acceptors (Lipinski definition) is 3. The molecule has 1 fully saturated rings. The van der Waals surface area contributed by atoms with Crippen molar-refractivity contribution in [3.8, 4) is 0 Å². The lowest BCUT2D eigenvalue weighted by Crippen LogP contribution is -2.26. The van der Waals surface area contributed by atoms with Gasteiger partial charge in [-0.15, -0.1) is 0 Å². The highest BCUT2D eigenvalue weighted by molar-refractivity contribution is 5.85. The number of unbranched alkanes of at least 4 members (excludes halogenated alkanes) is 1. The summed E-state index contributed by atoms with van der Waals surface area (Å²) < 4.78 is 0. The number of aromatic nitrogens is 1. The van der Waals surface area contributed by atoms with Gasteiger partial charge in [0, 0.05) is 18.8 Å². The minimum atomic E-state index is -0.955. The summed E-state index contributed by atoms with van der Waals surface area (Å²) in [7, 11) is 0. The fourth-order valence-corrected chi connectivity index (χ4v) is 2.12. The second-order valence-corrected chi connectivity index (χ2v) is 4.91. The van der Waals surface area contributed by atoms with Gasteiger partial charge in [0.15, 0.2) is 0 Å². The standard InChI is InChI=1S/C14H20N2O2/c1-2-3-8-16(12-4-5-12)10-11-6-7-15-13(9-11)14(17)18/h6-7,9,12H,2-5,8,10H2,1H3,(H,17,18). The molecule has 0 atom stereocenters. The zero-order chi connectivity index (χ0) is 13.0. The second kappa shape index (κ2) is 5.96. The molecule has 1 heterocycles. The Morgan fingerprint density at radius 3 is 2.94 bits per heavy atom. The number of rotatable bonds is 7. The Balaban J connectivity index is 2.01. The summed E-state index contributed by atoms with van der Waals surface area (Å²) in [5.74, 6) is -0.955. The van der Waals surface area contributed by atoms with E-state index >= 15 is 0 Å². The average Bonchev–Trinajstić information content (AvgIpc) is 3.19. The van der Waals surface area contributed by atoms with Crippen molar-refractivity contribution in [2.45, 2.75) is 45.2 Å². The van der Waals surface area contributed by atoms with Crippen molar-refractivity contribution in [2.24, 2.45) is 0 Å². The molecule has 0 saturated heterocycles. The molecule has 4 heteroatoms. The molecule has 0 aliphatic heterocycles. The van der Waals surface area contributed by atoms with E-state index in [1.165, 1.54) is 25.7 Å². The number of aromatic carboxylic acids is 1. The highest BCUT2D eigenvalue weighted by Crippen LogP contribution is 2.28. The van der Waals surface area contributed by atoms with E-state index in [2.05, 4.69) is 16.8 Å². The maximum Gasteiger partial charge on any atom is 0.354 e. The zero-order valence-electron chi connectivity index (χ0n) is 10.8. The van der Waals surface area contributed by atoms with Crippen LogP contribution in [0.25, 0.3) is 0 Å². The van der Waals surface area contributed by atoms with Gasteiger partial charge in [-0.2, -0.15) is 0 Å². The minimum Gasteiger partial charge on any atom is -0.477 e. The Hall–Kier alpha value is -1.42. The number of hydrogen-bond donors (Lipinski definition) is 1. The van der Waals surface area contributed by atoms with Crippen LogP contribution in [0, 0.1) is 0 Å². The molecule has 1 aromatic rings. The van der Waals surface area contributed by atoms with E-state index in [-0.39, 0.29) is 5.69 Å². The van der Waals surface area contributed by atoms with E-state index in [9.17, 15) is 4.79 Å². The molecule has 1 N–H and O–H groups in total. The largest absolute Gasteiger partial charge is 0.477 e. The zero-order valence-corrected chi connectivity index (χ0v) is 10.8. The molecule has 0 bridgehead atoms. The fraction of sp³-hybridized carbons (Fsp3) is 0.571. The molecule has 0 spiro atoms. The maximum absolute atomic E-state index is 10.9. The molecular formula is C14H20N2O2. The van der Waals surface area contributed by atoms with Gasteiger partial charge in [-0.25, -0.2) is 9.78 Å². The van der Waals surface area contributed by atoms with E-state index < -0.39 is 5.97 Å². The van der Waals surface area contributed by atoms with E-state index in [0.29, 0.717) is 6.04 Å². The van der Waals surface area contributed by atoms with Crippen LogP contribution in [0.2, 0.25) is 0 Å². The van der Waals surface area contributed by atoms with Crippen LogP contribution in [0.5, 0.6) is 0 Å². The van der Waals surface area contributed by atoms with Crippen molar-refractivity contribution in [2.75, 3.05) is 6.54 Å². The van der Waals surface area contributed by atoms with E-state index in [1.807, 2.05) is 6.07 Å². The van der Waals surface area contributed by atoms with Crippen LogP contribution in [0.1, 0.15) is 48.7 Å². The van der Waals surface area contributed by atoms with Gasteiger partial charge in [0.05, 0.1) is 0 Å². The maximum atomic E-state index is 10.9. The summed E-state index contributed by atoms with van der Waals surface area (Å²) in [5, 5.41) is 8.93. The summed E-state index contributed by atoms with van der Waals surface area (Å²) in [6.45, 7) is 4.14. The van der Waals surface area contributed by atoms with E-state index in [1.54, 1.807) is 12.3 Å². The Labute approximate surface area is 108 Å². The van der Waals surface area contributed by atoms with Gasteiger partial charge in [-0.1, -0.05) is 13.3 Å². The van der Waals surface area contributed by atoms with Crippen LogP contribution in [-0.2, 0) is 6.54 Å². The third-order valence-corrected chi connectivity index (χ3v) is 3.29. The summed E-state index contributed by atoms with van der Waals surface area (Å²) in [5.41, 5.74) is 1.18. The monoisotopic (exact) mass is 248 g/mol. The molecular weight excluding hydrogens is 228 g/mol. The van der Waals surface area contributed by atoms with Crippen molar-refractivity contribution >= 4 is 5.97 Å². The van der Waals surface area contributed by atoms with Gasteiger partial charge in [0.1, 0.15) is 5.69 Å². The van der Waals surface area contributed by atoms with Crippen LogP contribution in [-0.4, -0.2) is 33.5 Å². The molecule has 0 unspecified atom stereocenters. The second-order valence-electron chi connectivity index (χ2n) is 4.91. The summed E-state index contributed by atoms with van der Waals surface area (Å²) >= 11 is 0. The van der Waals surface area contributed by atoms with Gasteiger partial charge < -0.3 is 5.11 Å². The highest BCUT2D eigenvalue weighted by Gasteiger charge is 2.28. The lowest BCUT2D eigenvalue weighted by molar-refractivity contribution is 0.0690. The smallest absolute Gasteiger partial charge is 0.354 e. The first-order valence-corrected chi connectivity index (χ1v) is 6.63. The average molecular weight is 248 g/mol. The number of carboxylic acids is 1. The SMILES string of the molecule is CCCCN(Cc1ccnc(C(=O)O)c1)C1CC1. The Morgan fingerprint density at radius 1 is 1.56 bits per heavy atom. The Morgan fingerprint density at radius 2 is 2.33 bits per heavy atom. The topological polar surface area (TPSA) is 53.4 Å². The third kappa shape index (κ3) is 3.53. The van der Waals surface area contributed by atoms with Crippen molar-refractivity contribution in [3.05, 3.63) is 29.6 Å². The van der Waals surface area contributed by atoms with Crippen molar-refractivity contribution in [1.29, 1.82) is 0 Å². The molecule has 4 nitrogen and oxygen atoms in total. The minimum absolute atomic E-state index is 0.138. The molecule has 0 aromatic carbocycles. The van der Waals surface area contributed by atoms with E-state index in [4.69, 9.17) is 5.11 Å². The van der Waals surface area contributed by atoms with Crippen LogP contribution < -0.4 is 0 Å². The predicted octanol–water partition coefficient (Wildman–Crippen LogP) is 2.54. The first-order valence-electron chi connectivity index (χ1n) is 6.63.